The first-order valence-corrected chi connectivity index (χ1v) is 6.86. The van der Waals surface area contributed by atoms with Gasteiger partial charge < -0.3 is 9.63 Å². The van der Waals surface area contributed by atoms with Crippen molar-refractivity contribution in [1.29, 1.82) is 0 Å². The van der Waals surface area contributed by atoms with Crippen molar-refractivity contribution in [3.63, 3.8) is 0 Å². The van der Waals surface area contributed by atoms with Crippen molar-refractivity contribution in [3.05, 3.63) is 0 Å². The van der Waals surface area contributed by atoms with Gasteiger partial charge in [0.25, 0.3) is 0 Å². The second-order valence-corrected chi connectivity index (χ2v) is 6.60. The van der Waals surface area contributed by atoms with Crippen LogP contribution in [-0.4, -0.2) is 61.4 Å². The van der Waals surface area contributed by atoms with Crippen molar-refractivity contribution >= 4 is 15.5 Å². The van der Waals surface area contributed by atoms with Crippen LogP contribution in [0.1, 0.15) is 13.3 Å². The van der Waals surface area contributed by atoms with Crippen LogP contribution >= 0.6 is 7.67 Å². The summed E-state index contributed by atoms with van der Waals surface area (Å²) in [5, 5.41) is 0. The maximum Gasteiger partial charge on any atom is 0.343 e. The molecule has 3 unspecified atom stereocenters. The number of rotatable bonds is 3. The SMILES string of the molecule is BC1CN(P(=O)(O)N(C)C)CC(CC)O1. The molecule has 1 aliphatic rings. The smallest absolute Gasteiger partial charge is 0.343 e. The van der Waals surface area contributed by atoms with E-state index in [1.165, 1.54) is 4.67 Å². The fourth-order valence-corrected chi connectivity index (χ4v) is 3.06. The van der Waals surface area contributed by atoms with E-state index in [-0.39, 0.29) is 12.1 Å². The van der Waals surface area contributed by atoms with Gasteiger partial charge >= 0.3 is 7.67 Å². The Morgan fingerprint density at radius 2 is 2.20 bits per heavy atom. The molecule has 0 amide bonds. The van der Waals surface area contributed by atoms with E-state index < -0.39 is 7.67 Å². The fraction of sp³-hybridized carbons (Fsp3) is 1.00. The van der Waals surface area contributed by atoms with Gasteiger partial charge in [0.1, 0.15) is 7.85 Å². The molecule has 1 heterocycles. The Labute approximate surface area is 92.4 Å². The predicted octanol–water partition coefficient (Wildman–Crippen LogP) is -0.282. The average molecular weight is 234 g/mol. The molecule has 0 aromatic heterocycles. The summed E-state index contributed by atoms with van der Waals surface area (Å²) in [5.41, 5.74) is 0. The maximum absolute atomic E-state index is 12.0. The van der Waals surface area contributed by atoms with E-state index in [1.54, 1.807) is 18.8 Å². The third-order valence-electron chi connectivity index (χ3n) is 2.65. The molecule has 15 heavy (non-hydrogen) atoms. The van der Waals surface area contributed by atoms with Gasteiger partial charge in [-0.3, -0.25) is 4.57 Å². The summed E-state index contributed by atoms with van der Waals surface area (Å²) in [5.74, 6) is 0. The van der Waals surface area contributed by atoms with Gasteiger partial charge in [0.2, 0.25) is 0 Å². The summed E-state index contributed by atoms with van der Waals surface area (Å²) in [6.45, 7) is 3.08. The number of hydrogen-bond donors (Lipinski definition) is 1. The van der Waals surface area contributed by atoms with Gasteiger partial charge in [-0.25, -0.2) is 9.34 Å². The highest BCUT2D eigenvalue weighted by atomic mass is 31.2. The first-order valence-electron chi connectivity index (χ1n) is 5.29. The van der Waals surface area contributed by atoms with Gasteiger partial charge in [-0.05, 0) is 20.5 Å². The lowest BCUT2D eigenvalue weighted by atomic mass is 9.98. The minimum Gasteiger partial charge on any atom is -0.381 e. The summed E-state index contributed by atoms with van der Waals surface area (Å²) in [4.78, 5) is 9.90. The van der Waals surface area contributed by atoms with Gasteiger partial charge in [-0.1, -0.05) is 6.92 Å². The van der Waals surface area contributed by atoms with Gasteiger partial charge in [-0.2, -0.15) is 0 Å². The summed E-state index contributed by atoms with van der Waals surface area (Å²) in [6, 6.07) is 0.0177. The monoisotopic (exact) mass is 234 g/mol. The highest BCUT2D eigenvalue weighted by molar-refractivity contribution is 7.52. The summed E-state index contributed by atoms with van der Waals surface area (Å²) in [6.07, 6.45) is 0.933. The predicted molar refractivity (Wildman–Crippen MR) is 62.6 cm³/mol. The number of hydrogen-bond acceptors (Lipinski definition) is 2. The Balaban J connectivity index is 2.73. The molecule has 0 aromatic carbocycles. The van der Waals surface area contributed by atoms with E-state index in [9.17, 15) is 9.46 Å². The molecule has 0 saturated carbocycles. The summed E-state index contributed by atoms with van der Waals surface area (Å²) >= 11 is 0. The second kappa shape index (κ2) is 4.98. The zero-order valence-electron chi connectivity index (χ0n) is 9.88. The fourth-order valence-electron chi connectivity index (χ4n) is 1.71. The molecule has 5 nitrogen and oxygen atoms in total. The molecular weight excluding hydrogens is 214 g/mol. The molecule has 7 heteroatoms. The molecule has 1 fully saturated rings. The third kappa shape index (κ3) is 3.05. The molecule has 0 aromatic rings. The highest BCUT2D eigenvalue weighted by Gasteiger charge is 2.36. The number of nitrogens with zero attached hydrogens (tertiary/aromatic N) is 2. The van der Waals surface area contributed by atoms with Crippen LogP contribution in [0.4, 0.5) is 0 Å². The lowest BCUT2D eigenvalue weighted by molar-refractivity contribution is -0.0306. The maximum atomic E-state index is 12.0. The Morgan fingerprint density at radius 1 is 1.60 bits per heavy atom. The van der Waals surface area contributed by atoms with E-state index in [1.807, 2.05) is 14.8 Å². The van der Waals surface area contributed by atoms with Crippen molar-refractivity contribution in [2.24, 2.45) is 0 Å². The van der Waals surface area contributed by atoms with Crippen LogP contribution in [0.5, 0.6) is 0 Å². The molecule has 0 spiro atoms. The van der Waals surface area contributed by atoms with Crippen molar-refractivity contribution in [3.8, 4) is 0 Å². The number of morpholine rings is 1. The minimum absolute atomic E-state index is 0.0177. The van der Waals surface area contributed by atoms with E-state index >= 15 is 0 Å². The van der Waals surface area contributed by atoms with Crippen molar-refractivity contribution in [2.75, 3.05) is 27.2 Å². The molecule has 1 rings (SSSR count). The van der Waals surface area contributed by atoms with Crippen LogP contribution in [0.15, 0.2) is 0 Å². The Hall–Kier alpha value is 0.135. The van der Waals surface area contributed by atoms with Crippen LogP contribution in [0, 0.1) is 0 Å². The van der Waals surface area contributed by atoms with Gasteiger partial charge in [0.05, 0.1) is 6.10 Å². The van der Waals surface area contributed by atoms with Crippen LogP contribution in [0.25, 0.3) is 0 Å². The largest absolute Gasteiger partial charge is 0.381 e. The molecule has 1 N–H and O–H groups in total. The first-order chi connectivity index (χ1) is 6.87. The normalized spacial score (nSPS) is 32.9. The standard InChI is InChI=1S/C8H20BN2O3P/c1-4-7-5-11(6-8(9)14-7)15(12,13)10(2)3/h7-8H,4-6,9H2,1-3H3,(H,12,13). The number of ether oxygens (including phenoxy) is 1. The Kier molecular flexibility index (Phi) is 4.38. The minimum atomic E-state index is -3.34. The average Bonchev–Trinajstić information content (AvgIpc) is 2.16. The molecule has 1 aliphatic heterocycles. The lowest BCUT2D eigenvalue weighted by Crippen LogP contribution is -2.47. The Bertz CT molecular complexity index is 264. The quantitative estimate of drug-likeness (QED) is 0.537. The summed E-state index contributed by atoms with van der Waals surface area (Å²) < 4.78 is 20.7. The van der Waals surface area contributed by atoms with E-state index in [0.29, 0.717) is 13.1 Å². The van der Waals surface area contributed by atoms with Crippen molar-refractivity contribution in [1.82, 2.24) is 9.34 Å². The second-order valence-electron chi connectivity index (χ2n) is 4.21. The first kappa shape index (κ1) is 13.2. The molecular formula is C8H20BN2O3P. The zero-order valence-corrected chi connectivity index (χ0v) is 10.8. The van der Waals surface area contributed by atoms with Crippen molar-refractivity contribution in [2.45, 2.75) is 25.5 Å². The summed E-state index contributed by atoms with van der Waals surface area (Å²) in [7, 11) is 1.85. The lowest BCUT2D eigenvalue weighted by Gasteiger charge is -2.40. The Morgan fingerprint density at radius 3 is 2.67 bits per heavy atom. The van der Waals surface area contributed by atoms with E-state index in [4.69, 9.17) is 4.74 Å². The molecule has 88 valence electrons. The van der Waals surface area contributed by atoms with Gasteiger partial charge in [0, 0.05) is 19.1 Å². The molecule has 3 atom stereocenters. The van der Waals surface area contributed by atoms with Crippen molar-refractivity contribution < 1.29 is 14.2 Å². The van der Waals surface area contributed by atoms with Crippen LogP contribution in [0.2, 0.25) is 0 Å². The topological polar surface area (TPSA) is 53.0 Å². The van der Waals surface area contributed by atoms with Crippen LogP contribution < -0.4 is 0 Å². The molecule has 0 bridgehead atoms. The zero-order chi connectivity index (χ0) is 11.6. The van der Waals surface area contributed by atoms with Gasteiger partial charge in [-0.15, -0.1) is 0 Å². The van der Waals surface area contributed by atoms with Gasteiger partial charge in [0.15, 0.2) is 0 Å². The van der Waals surface area contributed by atoms with Crippen LogP contribution in [-0.2, 0) is 9.30 Å². The third-order valence-corrected chi connectivity index (χ3v) is 4.76. The molecule has 1 saturated heterocycles. The van der Waals surface area contributed by atoms with E-state index in [0.717, 1.165) is 6.42 Å². The highest BCUT2D eigenvalue weighted by Crippen LogP contribution is 2.48. The molecule has 0 aliphatic carbocycles. The van der Waals surface area contributed by atoms with Crippen LogP contribution in [0.3, 0.4) is 0 Å². The van der Waals surface area contributed by atoms with E-state index in [2.05, 4.69) is 0 Å². The molecule has 0 radical (unpaired) electrons.